The molecular weight excluding hydrogens is 172 g/mol. The van der Waals surface area contributed by atoms with Gasteiger partial charge in [0, 0.05) is 6.07 Å². The summed E-state index contributed by atoms with van der Waals surface area (Å²) in [5.74, 6) is -0.391. The largest absolute Gasteiger partial charge is 0.365 e. The van der Waals surface area contributed by atoms with Crippen LogP contribution < -0.4 is 10.3 Å². The normalized spacial score (nSPS) is 9.83. The van der Waals surface area contributed by atoms with Crippen molar-refractivity contribution in [2.45, 2.75) is 5.03 Å². The number of carbonyl (C=O) groups excluding carboxylic acids is 1. The first-order valence-corrected chi connectivity index (χ1v) is 4.71. The van der Waals surface area contributed by atoms with Crippen molar-refractivity contribution in [1.29, 1.82) is 0 Å². The van der Waals surface area contributed by atoms with E-state index in [9.17, 15) is 4.79 Å². The summed E-state index contributed by atoms with van der Waals surface area (Å²) in [6, 6.07) is 3.61. The van der Waals surface area contributed by atoms with E-state index in [0.717, 1.165) is 5.03 Å². The zero-order valence-corrected chi connectivity index (χ0v) is 7.89. The highest BCUT2D eigenvalue weighted by molar-refractivity contribution is 7.98. The molecule has 0 aliphatic carbocycles. The lowest BCUT2D eigenvalue weighted by Gasteiger charge is -1.96. The lowest BCUT2D eigenvalue weighted by molar-refractivity contribution is -0.708. The molecule has 1 aromatic rings. The number of primary amides is 1. The van der Waals surface area contributed by atoms with E-state index in [1.54, 1.807) is 24.0 Å². The van der Waals surface area contributed by atoms with Crippen LogP contribution >= 0.6 is 11.8 Å². The highest BCUT2D eigenvalue weighted by atomic mass is 32.2. The van der Waals surface area contributed by atoms with Gasteiger partial charge in [-0.2, -0.15) is 4.57 Å². The summed E-state index contributed by atoms with van der Waals surface area (Å²) in [7, 11) is 1.89. The van der Waals surface area contributed by atoms with E-state index in [4.69, 9.17) is 5.73 Å². The number of hydrogen-bond acceptors (Lipinski definition) is 2. The van der Waals surface area contributed by atoms with E-state index in [1.165, 1.54) is 0 Å². The Bertz CT molecular complexity index is 312. The molecule has 3 nitrogen and oxygen atoms in total. The minimum Gasteiger partial charge on any atom is -0.365 e. The van der Waals surface area contributed by atoms with Crippen LogP contribution in [0.4, 0.5) is 0 Å². The molecule has 1 rings (SSSR count). The molecule has 4 heteroatoms. The van der Waals surface area contributed by atoms with Gasteiger partial charge in [-0.3, -0.25) is 4.79 Å². The summed E-state index contributed by atoms with van der Waals surface area (Å²) < 4.78 is 1.88. The Kier molecular flexibility index (Phi) is 2.70. The van der Waals surface area contributed by atoms with E-state index in [1.807, 2.05) is 23.9 Å². The van der Waals surface area contributed by atoms with E-state index in [0.29, 0.717) is 5.56 Å². The van der Waals surface area contributed by atoms with Gasteiger partial charge in [-0.05, 0) is 12.3 Å². The SMILES string of the molecule is CSc1ccc(C(N)=O)c[n+]1C. The average Bonchev–Trinajstić information content (AvgIpc) is 2.04. The summed E-state index contributed by atoms with van der Waals surface area (Å²) >= 11 is 1.63. The number of aryl methyl sites for hydroxylation is 1. The summed E-state index contributed by atoms with van der Waals surface area (Å²) in [6.45, 7) is 0. The third kappa shape index (κ3) is 1.76. The number of aromatic nitrogens is 1. The first kappa shape index (κ1) is 9.06. The molecule has 1 heterocycles. The molecular formula is C8H11N2OS+. The molecule has 0 atom stereocenters. The van der Waals surface area contributed by atoms with E-state index in [-0.39, 0.29) is 0 Å². The maximum atomic E-state index is 10.8. The van der Waals surface area contributed by atoms with Crippen LogP contribution in [0.15, 0.2) is 23.4 Å². The van der Waals surface area contributed by atoms with Crippen molar-refractivity contribution in [2.24, 2.45) is 12.8 Å². The van der Waals surface area contributed by atoms with Gasteiger partial charge in [0.2, 0.25) is 5.03 Å². The molecule has 0 spiro atoms. The maximum absolute atomic E-state index is 10.8. The molecule has 12 heavy (non-hydrogen) atoms. The van der Waals surface area contributed by atoms with Crippen molar-refractivity contribution in [3.05, 3.63) is 23.9 Å². The average molecular weight is 183 g/mol. The number of pyridine rings is 1. The highest BCUT2D eigenvalue weighted by Crippen LogP contribution is 2.08. The van der Waals surface area contributed by atoms with Crippen molar-refractivity contribution in [2.75, 3.05) is 6.26 Å². The lowest BCUT2D eigenvalue weighted by Crippen LogP contribution is -2.32. The molecule has 0 saturated carbocycles. The minimum atomic E-state index is -0.391. The standard InChI is InChI=1S/C8H10N2OS/c1-10-5-6(8(9)11)3-4-7(10)12-2/h3-5H,1-2H3,(H-,9,11)/p+1. The van der Waals surface area contributed by atoms with Crippen LogP contribution in [0.25, 0.3) is 0 Å². The van der Waals surface area contributed by atoms with E-state index in [2.05, 4.69) is 0 Å². The van der Waals surface area contributed by atoms with Crippen LogP contribution in [0.5, 0.6) is 0 Å². The molecule has 0 aromatic carbocycles. The quantitative estimate of drug-likeness (QED) is 0.530. The van der Waals surface area contributed by atoms with Gasteiger partial charge in [-0.15, -0.1) is 0 Å². The predicted molar refractivity (Wildman–Crippen MR) is 47.9 cm³/mol. The fourth-order valence-corrected chi connectivity index (χ4v) is 1.50. The minimum absolute atomic E-state index is 0.391. The Morgan fingerprint density at radius 3 is 2.67 bits per heavy atom. The predicted octanol–water partition coefficient (Wildman–Crippen LogP) is 0.332. The number of carbonyl (C=O) groups is 1. The maximum Gasteiger partial charge on any atom is 0.254 e. The van der Waals surface area contributed by atoms with Crippen LogP contribution in [0.2, 0.25) is 0 Å². The second kappa shape index (κ2) is 3.58. The summed E-state index contributed by atoms with van der Waals surface area (Å²) in [5.41, 5.74) is 5.65. The number of nitrogens with two attached hydrogens (primary N) is 1. The van der Waals surface area contributed by atoms with Crippen molar-refractivity contribution in [3.63, 3.8) is 0 Å². The Morgan fingerprint density at radius 2 is 2.25 bits per heavy atom. The molecule has 64 valence electrons. The van der Waals surface area contributed by atoms with Gasteiger partial charge in [0.1, 0.15) is 12.6 Å². The monoisotopic (exact) mass is 183 g/mol. The lowest BCUT2D eigenvalue weighted by atomic mass is 10.3. The van der Waals surface area contributed by atoms with Gasteiger partial charge in [0.05, 0.1) is 0 Å². The molecule has 0 fully saturated rings. The summed E-state index contributed by atoms with van der Waals surface area (Å²) in [6.07, 6.45) is 3.72. The van der Waals surface area contributed by atoms with E-state index < -0.39 is 5.91 Å². The zero-order valence-electron chi connectivity index (χ0n) is 7.07. The topological polar surface area (TPSA) is 47.0 Å². The van der Waals surface area contributed by atoms with Gasteiger partial charge < -0.3 is 5.73 Å². The zero-order chi connectivity index (χ0) is 9.14. The van der Waals surface area contributed by atoms with Gasteiger partial charge in [0.15, 0.2) is 6.20 Å². The molecule has 0 saturated heterocycles. The first-order valence-electron chi connectivity index (χ1n) is 3.48. The van der Waals surface area contributed by atoms with Crippen LogP contribution in [-0.4, -0.2) is 12.2 Å². The Morgan fingerprint density at radius 1 is 1.58 bits per heavy atom. The number of rotatable bonds is 2. The molecule has 0 aliphatic heterocycles. The summed E-state index contributed by atoms with van der Waals surface area (Å²) in [4.78, 5) is 10.8. The fraction of sp³-hybridized carbons (Fsp3) is 0.250. The molecule has 1 amide bonds. The van der Waals surface area contributed by atoms with Crippen LogP contribution in [0.1, 0.15) is 10.4 Å². The third-order valence-electron chi connectivity index (χ3n) is 1.58. The molecule has 1 aromatic heterocycles. The number of hydrogen-bond donors (Lipinski definition) is 1. The second-order valence-electron chi connectivity index (χ2n) is 2.44. The highest BCUT2D eigenvalue weighted by Gasteiger charge is 2.08. The van der Waals surface area contributed by atoms with Crippen LogP contribution in [-0.2, 0) is 7.05 Å². The van der Waals surface area contributed by atoms with Crippen molar-refractivity contribution >= 4 is 17.7 Å². The van der Waals surface area contributed by atoms with Crippen LogP contribution in [0, 0.1) is 0 Å². The smallest absolute Gasteiger partial charge is 0.254 e. The van der Waals surface area contributed by atoms with E-state index >= 15 is 0 Å². The fourth-order valence-electron chi connectivity index (χ4n) is 0.952. The van der Waals surface area contributed by atoms with Crippen LogP contribution in [0.3, 0.4) is 0 Å². The number of nitrogens with zero attached hydrogens (tertiary/aromatic N) is 1. The summed E-state index contributed by atoms with van der Waals surface area (Å²) in [5, 5.41) is 1.10. The molecule has 0 unspecified atom stereocenters. The number of thioether (sulfide) groups is 1. The molecule has 0 aliphatic rings. The molecule has 2 N–H and O–H groups in total. The van der Waals surface area contributed by atoms with Gasteiger partial charge in [-0.25, -0.2) is 0 Å². The second-order valence-corrected chi connectivity index (χ2v) is 3.26. The molecule has 0 bridgehead atoms. The van der Waals surface area contributed by atoms with Gasteiger partial charge in [-0.1, -0.05) is 11.8 Å². The Balaban J connectivity index is 3.10. The van der Waals surface area contributed by atoms with Crippen molar-refractivity contribution in [3.8, 4) is 0 Å². The third-order valence-corrected chi connectivity index (χ3v) is 2.42. The van der Waals surface area contributed by atoms with Crippen molar-refractivity contribution in [1.82, 2.24) is 0 Å². The Hall–Kier alpha value is -1.03. The molecule has 0 radical (unpaired) electrons. The first-order chi connectivity index (χ1) is 5.65. The van der Waals surface area contributed by atoms with Gasteiger partial charge in [0.25, 0.3) is 5.91 Å². The number of amides is 1. The van der Waals surface area contributed by atoms with Gasteiger partial charge >= 0.3 is 0 Å². The van der Waals surface area contributed by atoms with Crippen molar-refractivity contribution < 1.29 is 9.36 Å². The Labute approximate surface area is 75.6 Å².